The van der Waals surface area contributed by atoms with Crippen molar-refractivity contribution in [3.8, 4) is 5.75 Å². The average Bonchev–Trinajstić information content (AvgIpc) is 2.55. The summed E-state index contributed by atoms with van der Waals surface area (Å²) in [4.78, 5) is 38.2. The van der Waals surface area contributed by atoms with Gasteiger partial charge in [-0.2, -0.15) is 0 Å². The molecule has 1 heterocycles. The maximum absolute atomic E-state index is 12.8. The molecular weight excluding hydrogens is 346 g/mol. The number of hydrogen-bond acceptors (Lipinski definition) is 5. The van der Waals surface area contributed by atoms with Crippen molar-refractivity contribution in [3.05, 3.63) is 23.8 Å². The van der Waals surface area contributed by atoms with E-state index in [9.17, 15) is 14.4 Å². The lowest BCUT2D eigenvalue weighted by molar-refractivity contribution is -0.143. The Kier molecular flexibility index (Phi) is 6.06. The second kappa shape index (κ2) is 7.87. The first kappa shape index (κ1) is 19.2. The molecule has 1 amide bonds. The molecule has 0 fully saturated rings. The van der Waals surface area contributed by atoms with E-state index >= 15 is 0 Å². The van der Waals surface area contributed by atoms with Crippen LogP contribution in [0, 0.1) is 5.92 Å². The number of hydrogen-bond donors (Lipinski definition) is 0. The normalized spacial score (nSPS) is 17.8. The van der Waals surface area contributed by atoms with Crippen LogP contribution in [0.2, 0.25) is 0 Å². The number of nitrogens with zero attached hydrogens (tertiary/aromatic N) is 1. The summed E-state index contributed by atoms with van der Waals surface area (Å²) in [5.41, 5.74) is 0.729. The predicted molar refractivity (Wildman–Crippen MR) is 94.3 cm³/mol. The molecule has 136 valence electrons. The van der Waals surface area contributed by atoms with Crippen molar-refractivity contribution in [1.29, 1.82) is 0 Å². The SMILES string of the molecule is CCOC(=O)CN1C(=O)C(C(C)C)Oc2ccc(C(=O)C(C)Cl)cc21. The van der Waals surface area contributed by atoms with E-state index in [2.05, 4.69) is 0 Å². The van der Waals surface area contributed by atoms with Gasteiger partial charge in [0, 0.05) is 5.56 Å². The molecular formula is C18H22ClNO5. The minimum absolute atomic E-state index is 0.0745. The van der Waals surface area contributed by atoms with Gasteiger partial charge in [-0.05, 0) is 38.0 Å². The van der Waals surface area contributed by atoms with Gasteiger partial charge in [0.1, 0.15) is 12.3 Å². The van der Waals surface area contributed by atoms with Crippen LogP contribution in [0.1, 0.15) is 38.1 Å². The minimum Gasteiger partial charge on any atom is -0.478 e. The van der Waals surface area contributed by atoms with Crippen LogP contribution in [0.4, 0.5) is 5.69 Å². The topological polar surface area (TPSA) is 72.9 Å². The Morgan fingerprint density at radius 3 is 2.56 bits per heavy atom. The minimum atomic E-state index is -0.699. The lowest BCUT2D eigenvalue weighted by Crippen LogP contribution is -2.50. The van der Waals surface area contributed by atoms with E-state index in [1.165, 1.54) is 11.0 Å². The third-order valence-electron chi connectivity index (χ3n) is 3.86. The largest absolute Gasteiger partial charge is 0.478 e. The molecule has 0 radical (unpaired) electrons. The summed E-state index contributed by atoms with van der Waals surface area (Å²) in [6, 6.07) is 4.77. The quantitative estimate of drug-likeness (QED) is 0.439. The molecule has 0 aromatic heterocycles. The van der Waals surface area contributed by atoms with Gasteiger partial charge in [0.05, 0.1) is 17.7 Å². The second-order valence-electron chi connectivity index (χ2n) is 6.17. The number of amides is 1. The summed E-state index contributed by atoms with van der Waals surface area (Å²) in [5.74, 6) is -0.748. The fraction of sp³-hybridized carbons (Fsp3) is 0.500. The maximum atomic E-state index is 12.8. The molecule has 2 unspecified atom stereocenters. The summed E-state index contributed by atoms with van der Waals surface area (Å²) in [6.45, 7) is 6.99. The van der Waals surface area contributed by atoms with Crippen molar-refractivity contribution >= 4 is 34.9 Å². The Morgan fingerprint density at radius 2 is 2.00 bits per heavy atom. The molecule has 2 rings (SSSR count). The number of ketones is 1. The molecule has 6 nitrogen and oxygen atoms in total. The first-order chi connectivity index (χ1) is 11.8. The van der Waals surface area contributed by atoms with Crippen molar-refractivity contribution in [2.75, 3.05) is 18.1 Å². The fourth-order valence-electron chi connectivity index (χ4n) is 2.59. The molecule has 1 aliphatic heterocycles. The van der Waals surface area contributed by atoms with E-state index in [1.54, 1.807) is 26.0 Å². The van der Waals surface area contributed by atoms with Gasteiger partial charge >= 0.3 is 5.97 Å². The molecule has 0 saturated heterocycles. The van der Waals surface area contributed by atoms with Crippen LogP contribution in [-0.4, -0.2) is 42.3 Å². The third-order valence-corrected chi connectivity index (χ3v) is 4.06. The van der Waals surface area contributed by atoms with Crippen molar-refractivity contribution in [1.82, 2.24) is 0 Å². The molecule has 0 spiro atoms. The van der Waals surface area contributed by atoms with Crippen LogP contribution in [0.5, 0.6) is 5.75 Å². The lowest BCUT2D eigenvalue weighted by Gasteiger charge is -2.35. The van der Waals surface area contributed by atoms with E-state index in [-0.39, 0.29) is 30.8 Å². The summed E-state index contributed by atoms with van der Waals surface area (Å²) >= 11 is 5.87. The smallest absolute Gasteiger partial charge is 0.326 e. The Morgan fingerprint density at radius 1 is 1.32 bits per heavy atom. The Labute approximate surface area is 152 Å². The van der Waals surface area contributed by atoms with E-state index < -0.39 is 17.5 Å². The molecule has 0 bridgehead atoms. The number of carbonyl (C=O) groups excluding carboxylic acids is 3. The van der Waals surface area contributed by atoms with Gasteiger partial charge < -0.3 is 9.47 Å². The number of alkyl halides is 1. The average molecular weight is 368 g/mol. The van der Waals surface area contributed by atoms with Gasteiger partial charge in [-0.15, -0.1) is 11.6 Å². The number of anilines is 1. The Balaban J connectivity index is 2.45. The van der Waals surface area contributed by atoms with Crippen LogP contribution < -0.4 is 9.64 Å². The molecule has 0 N–H and O–H groups in total. The monoisotopic (exact) mass is 367 g/mol. The van der Waals surface area contributed by atoms with Gasteiger partial charge in [-0.1, -0.05) is 13.8 Å². The van der Waals surface area contributed by atoms with Crippen LogP contribution in [-0.2, 0) is 14.3 Å². The Bertz CT molecular complexity index is 686. The van der Waals surface area contributed by atoms with Crippen molar-refractivity contribution in [3.63, 3.8) is 0 Å². The molecule has 0 aliphatic carbocycles. The zero-order valence-corrected chi connectivity index (χ0v) is 15.5. The second-order valence-corrected chi connectivity index (χ2v) is 6.83. The third kappa shape index (κ3) is 4.12. The standard InChI is InChI=1S/C18H22ClNO5/c1-5-24-15(21)9-20-13-8-12(16(22)11(4)19)6-7-14(13)25-17(10(2)3)18(20)23/h6-8,10-11,17H,5,9H2,1-4H3. The number of carbonyl (C=O) groups is 3. The van der Waals surface area contributed by atoms with E-state index in [1.807, 2.05) is 13.8 Å². The highest BCUT2D eigenvalue weighted by atomic mass is 35.5. The molecule has 1 aromatic rings. The van der Waals surface area contributed by atoms with Gasteiger partial charge in [0.2, 0.25) is 0 Å². The number of rotatable bonds is 6. The lowest BCUT2D eigenvalue weighted by atomic mass is 10.0. The summed E-state index contributed by atoms with van der Waals surface area (Å²) in [5, 5.41) is -0.694. The van der Waals surface area contributed by atoms with E-state index in [0.29, 0.717) is 17.0 Å². The number of ether oxygens (including phenoxy) is 2. The molecule has 7 heteroatoms. The zero-order chi connectivity index (χ0) is 18.7. The maximum Gasteiger partial charge on any atom is 0.326 e. The van der Waals surface area contributed by atoms with Crippen molar-refractivity contribution < 1.29 is 23.9 Å². The molecule has 25 heavy (non-hydrogen) atoms. The zero-order valence-electron chi connectivity index (χ0n) is 14.7. The summed E-state index contributed by atoms with van der Waals surface area (Å²) < 4.78 is 10.7. The van der Waals surface area contributed by atoms with Crippen LogP contribution >= 0.6 is 11.6 Å². The van der Waals surface area contributed by atoms with Crippen LogP contribution in [0.25, 0.3) is 0 Å². The molecule has 1 aliphatic rings. The van der Waals surface area contributed by atoms with Crippen LogP contribution in [0.3, 0.4) is 0 Å². The number of halogens is 1. The van der Waals surface area contributed by atoms with Gasteiger partial charge in [0.15, 0.2) is 11.9 Å². The van der Waals surface area contributed by atoms with E-state index in [0.717, 1.165) is 0 Å². The number of Topliss-reactive ketones (excluding diaryl/α,β-unsaturated/α-hetero) is 1. The number of esters is 1. The highest BCUT2D eigenvalue weighted by molar-refractivity contribution is 6.33. The van der Waals surface area contributed by atoms with Gasteiger partial charge in [-0.3, -0.25) is 19.3 Å². The first-order valence-electron chi connectivity index (χ1n) is 8.22. The van der Waals surface area contributed by atoms with Crippen molar-refractivity contribution in [2.24, 2.45) is 5.92 Å². The molecule has 0 saturated carbocycles. The van der Waals surface area contributed by atoms with Gasteiger partial charge in [0.25, 0.3) is 5.91 Å². The number of fused-ring (bicyclic) bond motifs is 1. The van der Waals surface area contributed by atoms with Crippen molar-refractivity contribution in [2.45, 2.75) is 39.2 Å². The molecule has 2 atom stereocenters. The van der Waals surface area contributed by atoms with E-state index in [4.69, 9.17) is 21.1 Å². The van der Waals surface area contributed by atoms with Crippen LogP contribution in [0.15, 0.2) is 18.2 Å². The Hall–Kier alpha value is -2.08. The fourth-order valence-corrected chi connectivity index (χ4v) is 2.72. The number of benzene rings is 1. The predicted octanol–water partition coefficient (Wildman–Crippen LogP) is 2.81. The summed E-state index contributed by atoms with van der Waals surface area (Å²) in [7, 11) is 0. The molecule has 1 aromatic carbocycles. The highest BCUT2D eigenvalue weighted by Gasteiger charge is 2.38. The highest BCUT2D eigenvalue weighted by Crippen LogP contribution is 2.36. The van der Waals surface area contributed by atoms with Gasteiger partial charge in [-0.25, -0.2) is 0 Å². The first-order valence-corrected chi connectivity index (χ1v) is 8.65. The summed E-state index contributed by atoms with van der Waals surface area (Å²) in [6.07, 6.45) is -0.699.